The minimum atomic E-state index is -0.871. The van der Waals surface area contributed by atoms with E-state index in [1.165, 1.54) is 19.3 Å². The summed E-state index contributed by atoms with van der Waals surface area (Å²) in [7, 11) is 0. The van der Waals surface area contributed by atoms with Crippen LogP contribution in [0.3, 0.4) is 0 Å². The molecule has 3 aliphatic rings. The van der Waals surface area contributed by atoms with Crippen LogP contribution in [0.25, 0.3) is 0 Å². The number of hydrogen-bond acceptors (Lipinski definition) is 3. The van der Waals surface area contributed by atoms with Gasteiger partial charge in [0.05, 0.1) is 11.2 Å². The van der Waals surface area contributed by atoms with Gasteiger partial charge in [0.2, 0.25) is 0 Å². The fraction of sp³-hybridized carbons (Fsp3) is 0.857. The van der Waals surface area contributed by atoms with E-state index in [0.29, 0.717) is 18.9 Å². The lowest BCUT2D eigenvalue weighted by Crippen LogP contribution is -2.50. The molecular weight excluding hydrogens is 214 g/mol. The van der Waals surface area contributed by atoms with Gasteiger partial charge < -0.3 is 15.1 Å². The molecule has 1 saturated carbocycles. The molecule has 0 aromatic carbocycles. The molecule has 0 bridgehead atoms. The Labute approximate surface area is 103 Å². The van der Waals surface area contributed by atoms with Crippen LogP contribution in [0.2, 0.25) is 0 Å². The van der Waals surface area contributed by atoms with Gasteiger partial charge in [-0.15, -0.1) is 0 Å². The normalized spacial score (nSPS) is 43.9. The Morgan fingerprint density at radius 3 is 1.94 bits per heavy atom. The predicted molar refractivity (Wildman–Crippen MR) is 66.7 cm³/mol. The van der Waals surface area contributed by atoms with Gasteiger partial charge in [-0.05, 0) is 51.6 Å². The Bertz CT molecular complexity index is 302. The highest BCUT2D eigenvalue weighted by Crippen LogP contribution is 2.48. The third-order valence-corrected chi connectivity index (χ3v) is 5.00. The molecule has 2 aliphatic carbocycles. The van der Waals surface area contributed by atoms with Crippen molar-refractivity contribution >= 4 is 0 Å². The third-order valence-electron chi connectivity index (χ3n) is 5.00. The Kier molecular flexibility index (Phi) is 2.80. The fourth-order valence-electron chi connectivity index (χ4n) is 3.88. The van der Waals surface area contributed by atoms with Crippen LogP contribution < -0.4 is 0 Å². The fourth-order valence-corrected chi connectivity index (χ4v) is 3.88. The molecule has 96 valence electrons. The lowest BCUT2D eigenvalue weighted by Gasteiger charge is -2.39. The summed E-state index contributed by atoms with van der Waals surface area (Å²) in [6.07, 6.45) is 10.6. The van der Waals surface area contributed by atoms with E-state index < -0.39 is 11.2 Å². The molecule has 1 saturated heterocycles. The Hall–Kier alpha value is -0.380. The van der Waals surface area contributed by atoms with Crippen molar-refractivity contribution in [2.75, 3.05) is 13.1 Å². The second kappa shape index (κ2) is 4.08. The van der Waals surface area contributed by atoms with E-state index in [1.807, 2.05) is 12.2 Å². The van der Waals surface area contributed by atoms with Gasteiger partial charge in [0.1, 0.15) is 0 Å². The highest BCUT2D eigenvalue weighted by Gasteiger charge is 2.57. The first-order chi connectivity index (χ1) is 8.13. The zero-order valence-corrected chi connectivity index (χ0v) is 10.4. The van der Waals surface area contributed by atoms with Gasteiger partial charge in [-0.3, -0.25) is 0 Å². The van der Waals surface area contributed by atoms with Gasteiger partial charge in [-0.1, -0.05) is 18.6 Å². The SMILES string of the molecule is O[C@@]12CC=CC[C@@]1(O)CC(N1CCCCC1)C2. The summed E-state index contributed by atoms with van der Waals surface area (Å²) in [6, 6.07) is 0.380. The first kappa shape index (κ1) is 11.7. The van der Waals surface area contributed by atoms with Crippen molar-refractivity contribution in [2.24, 2.45) is 0 Å². The molecule has 0 spiro atoms. The van der Waals surface area contributed by atoms with Crippen molar-refractivity contribution in [3.8, 4) is 0 Å². The van der Waals surface area contributed by atoms with Gasteiger partial charge in [-0.25, -0.2) is 0 Å². The van der Waals surface area contributed by atoms with E-state index >= 15 is 0 Å². The lowest BCUT2D eigenvalue weighted by atomic mass is 9.77. The van der Waals surface area contributed by atoms with Gasteiger partial charge in [0, 0.05) is 6.04 Å². The second-order valence-corrected chi connectivity index (χ2v) is 6.10. The summed E-state index contributed by atoms with van der Waals surface area (Å²) in [5.41, 5.74) is -1.74. The zero-order chi connectivity index (χ0) is 11.9. The molecule has 0 unspecified atom stereocenters. The van der Waals surface area contributed by atoms with Gasteiger partial charge in [0.25, 0.3) is 0 Å². The maximum absolute atomic E-state index is 10.6. The maximum atomic E-state index is 10.6. The highest BCUT2D eigenvalue weighted by molar-refractivity contribution is 5.18. The van der Waals surface area contributed by atoms with E-state index in [2.05, 4.69) is 4.90 Å². The van der Waals surface area contributed by atoms with Crippen LogP contribution in [-0.2, 0) is 0 Å². The Balaban J connectivity index is 1.75. The van der Waals surface area contributed by atoms with Crippen molar-refractivity contribution in [1.29, 1.82) is 0 Å². The van der Waals surface area contributed by atoms with E-state index in [9.17, 15) is 10.2 Å². The maximum Gasteiger partial charge on any atom is 0.0986 e. The average Bonchev–Trinajstić information content (AvgIpc) is 2.62. The lowest BCUT2D eigenvalue weighted by molar-refractivity contribution is -0.130. The van der Waals surface area contributed by atoms with E-state index in [4.69, 9.17) is 0 Å². The summed E-state index contributed by atoms with van der Waals surface area (Å²) in [5, 5.41) is 21.3. The molecule has 1 aliphatic heterocycles. The van der Waals surface area contributed by atoms with Crippen LogP contribution in [0.4, 0.5) is 0 Å². The molecule has 3 nitrogen and oxygen atoms in total. The second-order valence-electron chi connectivity index (χ2n) is 6.10. The van der Waals surface area contributed by atoms with Crippen molar-refractivity contribution in [3.63, 3.8) is 0 Å². The number of fused-ring (bicyclic) bond motifs is 1. The molecule has 0 amide bonds. The number of piperidine rings is 1. The first-order valence-corrected chi connectivity index (χ1v) is 6.97. The molecular formula is C14H23NO2. The smallest absolute Gasteiger partial charge is 0.0986 e. The number of hydrogen-bond donors (Lipinski definition) is 2. The van der Waals surface area contributed by atoms with Crippen LogP contribution in [-0.4, -0.2) is 45.4 Å². The molecule has 2 fully saturated rings. The van der Waals surface area contributed by atoms with E-state index in [1.54, 1.807) is 0 Å². The van der Waals surface area contributed by atoms with Gasteiger partial charge in [0.15, 0.2) is 0 Å². The summed E-state index contributed by atoms with van der Waals surface area (Å²) in [5.74, 6) is 0. The molecule has 3 heteroatoms. The summed E-state index contributed by atoms with van der Waals surface area (Å²) in [6.45, 7) is 2.29. The number of aliphatic hydroxyl groups is 2. The molecule has 0 radical (unpaired) electrons. The quantitative estimate of drug-likeness (QED) is 0.678. The number of rotatable bonds is 1. The van der Waals surface area contributed by atoms with Crippen LogP contribution in [0.1, 0.15) is 44.9 Å². The minimum absolute atomic E-state index is 0.380. The number of likely N-dealkylation sites (tertiary alicyclic amines) is 1. The summed E-state index contributed by atoms with van der Waals surface area (Å²) < 4.78 is 0. The molecule has 1 heterocycles. The first-order valence-electron chi connectivity index (χ1n) is 6.97. The van der Waals surface area contributed by atoms with Crippen molar-refractivity contribution in [3.05, 3.63) is 12.2 Å². The van der Waals surface area contributed by atoms with Crippen LogP contribution in [0.15, 0.2) is 12.2 Å². The van der Waals surface area contributed by atoms with Crippen molar-refractivity contribution in [2.45, 2.75) is 62.2 Å². The number of nitrogens with zero attached hydrogens (tertiary/aromatic N) is 1. The Morgan fingerprint density at radius 2 is 1.41 bits per heavy atom. The van der Waals surface area contributed by atoms with E-state index in [0.717, 1.165) is 25.9 Å². The van der Waals surface area contributed by atoms with Crippen molar-refractivity contribution in [1.82, 2.24) is 4.90 Å². The monoisotopic (exact) mass is 237 g/mol. The molecule has 2 atom stereocenters. The molecule has 2 N–H and O–H groups in total. The van der Waals surface area contributed by atoms with E-state index in [-0.39, 0.29) is 0 Å². The molecule has 3 rings (SSSR count). The van der Waals surface area contributed by atoms with Crippen LogP contribution >= 0.6 is 0 Å². The molecule has 0 aromatic heterocycles. The van der Waals surface area contributed by atoms with Gasteiger partial charge in [-0.2, -0.15) is 0 Å². The predicted octanol–water partition coefficient (Wildman–Crippen LogP) is 1.45. The summed E-state index contributed by atoms with van der Waals surface area (Å²) in [4.78, 5) is 2.48. The zero-order valence-electron chi connectivity index (χ0n) is 10.4. The average molecular weight is 237 g/mol. The summed E-state index contributed by atoms with van der Waals surface area (Å²) >= 11 is 0. The van der Waals surface area contributed by atoms with Crippen LogP contribution in [0.5, 0.6) is 0 Å². The highest BCUT2D eigenvalue weighted by atomic mass is 16.4. The van der Waals surface area contributed by atoms with Crippen LogP contribution in [0, 0.1) is 0 Å². The molecule has 0 aromatic rings. The van der Waals surface area contributed by atoms with Gasteiger partial charge >= 0.3 is 0 Å². The largest absolute Gasteiger partial charge is 0.386 e. The topological polar surface area (TPSA) is 43.7 Å². The standard InChI is InChI=1S/C14H23NO2/c16-13-6-2-3-7-14(13,17)11-12(10-13)15-8-4-1-5-9-15/h2-3,12,16-17H,1,4-11H2/t13-,14-/m1/s1. The Morgan fingerprint density at radius 1 is 0.882 bits per heavy atom. The third kappa shape index (κ3) is 1.85. The molecule has 17 heavy (non-hydrogen) atoms. The van der Waals surface area contributed by atoms with Crippen molar-refractivity contribution < 1.29 is 10.2 Å². The minimum Gasteiger partial charge on any atom is -0.386 e.